The summed E-state index contributed by atoms with van der Waals surface area (Å²) in [7, 11) is 1.55. The Labute approximate surface area is 95.7 Å². The van der Waals surface area contributed by atoms with E-state index in [-0.39, 0.29) is 0 Å². The average Bonchev–Trinajstić information content (AvgIpc) is 2.76. The Balaban J connectivity index is 2.39. The fraction of sp³-hybridized carbons (Fsp3) is 0.909. The molecule has 1 N–H and O–H groups in total. The third-order valence-electron chi connectivity index (χ3n) is 2.90. The third kappa shape index (κ3) is 3.73. The summed E-state index contributed by atoms with van der Waals surface area (Å²) in [6.45, 7) is 3.82. The molecule has 5 nitrogen and oxygen atoms in total. The summed E-state index contributed by atoms with van der Waals surface area (Å²) in [5.74, 6) is -0.621. The van der Waals surface area contributed by atoms with E-state index < -0.39 is 11.6 Å². The van der Waals surface area contributed by atoms with E-state index in [9.17, 15) is 4.79 Å². The molecule has 0 bridgehead atoms. The fourth-order valence-corrected chi connectivity index (χ4v) is 1.55. The topological polar surface area (TPSA) is 65.0 Å². The second kappa shape index (κ2) is 6.18. The number of hydrogen-bond acceptors (Lipinski definition) is 4. The van der Waals surface area contributed by atoms with Gasteiger partial charge in [0.15, 0.2) is 5.60 Å². The van der Waals surface area contributed by atoms with Crippen molar-refractivity contribution in [2.75, 3.05) is 33.5 Å². The number of hydrogen-bond donors (Lipinski definition) is 1. The van der Waals surface area contributed by atoms with Gasteiger partial charge in [-0.3, -0.25) is 0 Å². The second-order valence-electron chi connectivity index (χ2n) is 4.32. The molecule has 0 aromatic heterocycles. The van der Waals surface area contributed by atoms with Gasteiger partial charge in [-0.05, 0) is 13.3 Å². The molecule has 0 aromatic rings. The van der Waals surface area contributed by atoms with E-state index in [1.165, 1.54) is 0 Å². The van der Waals surface area contributed by atoms with Gasteiger partial charge < -0.3 is 19.3 Å². The minimum atomic E-state index is -1.15. The highest BCUT2D eigenvalue weighted by Crippen LogP contribution is 2.20. The highest BCUT2D eigenvalue weighted by atomic mass is 16.5. The Kier molecular flexibility index (Phi) is 5.18. The van der Waals surface area contributed by atoms with Gasteiger partial charge in [0.2, 0.25) is 0 Å². The van der Waals surface area contributed by atoms with Crippen LogP contribution in [0.5, 0.6) is 0 Å². The zero-order chi connectivity index (χ0) is 12.0. The summed E-state index contributed by atoms with van der Waals surface area (Å²) in [5, 5.41) is 9.12. The monoisotopic (exact) mass is 232 g/mol. The Morgan fingerprint density at radius 3 is 2.88 bits per heavy atom. The summed E-state index contributed by atoms with van der Waals surface area (Å²) in [6.07, 6.45) is 1.30. The summed E-state index contributed by atoms with van der Waals surface area (Å²) in [4.78, 5) is 11.1. The highest BCUT2D eigenvalue weighted by Gasteiger charge is 2.35. The number of methoxy groups -OCH3 is 1. The lowest BCUT2D eigenvalue weighted by Gasteiger charge is -2.26. The molecule has 0 spiro atoms. The van der Waals surface area contributed by atoms with Crippen molar-refractivity contribution in [1.82, 2.24) is 0 Å². The van der Waals surface area contributed by atoms with Crippen LogP contribution in [0.15, 0.2) is 0 Å². The van der Waals surface area contributed by atoms with Crippen molar-refractivity contribution in [2.24, 2.45) is 5.92 Å². The first-order chi connectivity index (χ1) is 7.58. The van der Waals surface area contributed by atoms with Gasteiger partial charge in [-0.25, -0.2) is 4.79 Å². The van der Waals surface area contributed by atoms with Crippen molar-refractivity contribution in [3.8, 4) is 0 Å². The van der Waals surface area contributed by atoms with Crippen LogP contribution < -0.4 is 0 Å². The number of rotatable bonds is 7. The van der Waals surface area contributed by atoms with Crippen molar-refractivity contribution in [3.05, 3.63) is 0 Å². The Bertz CT molecular complexity index is 224. The number of carboxylic acid groups (broad SMARTS) is 1. The smallest absolute Gasteiger partial charge is 0.335 e. The quantitative estimate of drug-likeness (QED) is 0.707. The summed E-state index contributed by atoms with van der Waals surface area (Å²) in [6, 6.07) is 0. The van der Waals surface area contributed by atoms with Crippen molar-refractivity contribution in [1.29, 1.82) is 0 Å². The fourth-order valence-electron chi connectivity index (χ4n) is 1.55. The van der Waals surface area contributed by atoms with Crippen LogP contribution in [-0.4, -0.2) is 50.2 Å². The molecular formula is C11H20O5. The predicted octanol–water partition coefficient (Wildman–Crippen LogP) is 0.919. The average molecular weight is 232 g/mol. The molecular weight excluding hydrogens is 212 g/mol. The molecule has 1 heterocycles. The number of ether oxygens (including phenoxy) is 3. The van der Waals surface area contributed by atoms with Crippen LogP contribution in [0, 0.1) is 5.92 Å². The van der Waals surface area contributed by atoms with Gasteiger partial charge in [-0.1, -0.05) is 0 Å². The van der Waals surface area contributed by atoms with Crippen molar-refractivity contribution in [2.45, 2.75) is 25.4 Å². The molecule has 1 fully saturated rings. The van der Waals surface area contributed by atoms with Crippen molar-refractivity contribution >= 4 is 5.97 Å². The van der Waals surface area contributed by atoms with Crippen molar-refractivity contribution < 1.29 is 24.1 Å². The molecule has 1 saturated heterocycles. The minimum Gasteiger partial charge on any atom is -0.479 e. The summed E-state index contributed by atoms with van der Waals surface area (Å²) < 4.78 is 15.6. The number of carbonyl (C=O) groups is 1. The van der Waals surface area contributed by atoms with E-state index >= 15 is 0 Å². The normalized spacial score (nSPS) is 24.2. The predicted molar refractivity (Wildman–Crippen MR) is 57.4 cm³/mol. The van der Waals surface area contributed by atoms with Gasteiger partial charge in [0.1, 0.15) is 0 Å². The van der Waals surface area contributed by atoms with E-state index in [0.717, 1.165) is 13.0 Å². The molecule has 1 aliphatic heterocycles. The van der Waals surface area contributed by atoms with Crippen molar-refractivity contribution in [3.63, 3.8) is 0 Å². The zero-order valence-corrected chi connectivity index (χ0v) is 9.90. The van der Waals surface area contributed by atoms with Gasteiger partial charge in [0, 0.05) is 32.7 Å². The number of aliphatic carboxylic acids is 1. The lowest BCUT2D eigenvalue weighted by atomic mass is 10.0. The first kappa shape index (κ1) is 13.4. The number of carboxylic acids is 1. The van der Waals surface area contributed by atoms with E-state index in [1.807, 2.05) is 0 Å². The van der Waals surface area contributed by atoms with Crippen LogP contribution in [0.2, 0.25) is 0 Å². The van der Waals surface area contributed by atoms with Crippen LogP contribution in [0.3, 0.4) is 0 Å². The molecule has 0 aromatic carbocycles. The summed E-state index contributed by atoms with van der Waals surface area (Å²) in [5.41, 5.74) is -1.15. The maximum absolute atomic E-state index is 11.1. The van der Waals surface area contributed by atoms with Crippen LogP contribution in [0.1, 0.15) is 19.8 Å². The molecule has 94 valence electrons. The minimum absolute atomic E-state index is 0.321. The second-order valence-corrected chi connectivity index (χ2v) is 4.32. The molecule has 1 rings (SSSR count). The SMILES string of the molecule is COCCC(C)(OCC1CCOC1)C(=O)O. The maximum Gasteiger partial charge on any atom is 0.335 e. The molecule has 2 atom stereocenters. The molecule has 5 heteroatoms. The first-order valence-electron chi connectivity index (χ1n) is 5.52. The maximum atomic E-state index is 11.1. The highest BCUT2D eigenvalue weighted by molar-refractivity contribution is 5.76. The molecule has 0 radical (unpaired) electrons. The Morgan fingerprint density at radius 1 is 1.62 bits per heavy atom. The van der Waals surface area contributed by atoms with Crippen LogP contribution in [0.4, 0.5) is 0 Å². The van der Waals surface area contributed by atoms with E-state index in [2.05, 4.69) is 0 Å². The van der Waals surface area contributed by atoms with Gasteiger partial charge in [0.05, 0.1) is 13.2 Å². The van der Waals surface area contributed by atoms with Crippen LogP contribution >= 0.6 is 0 Å². The van der Waals surface area contributed by atoms with Crippen LogP contribution in [0.25, 0.3) is 0 Å². The molecule has 2 unspecified atom stereocenters. The van der Waals surface area contributed by atoms with E-state index in [4.69, 9.17) is 19.3 Å². The van der Waals surface area contributed by atoms with Gasteiger partial charge >= 0.3 is 5.97 Å². The van der Waals surface area contributed by atoms with E-state index in [1.54, 1.807) is 14.0 Å². The lowest BCUT2D eigenvalue weighted by Crippen LogP contribution is -2.40. The molecule has 0 amide bonds. The first-order valence-corrected chi connectivity index (χ1v) is 5.52. The Morgan fingerprint density at radius 2 is 2.38 bits per heavy atom. The van der Waals surface area contributed by atoms with Gasteiger partial charge in [0.25, 0.3) is 0 Å². The zero-order valence-electron chi connectivity index (χ0n) is 9.90. The Hall–Kier alpha value is -0.650. The van der Waals surface area contributed by atoms with Gasteiger partial charge in [-0.2, -0.15) is 0 Å². The third-order valence-corrected chi connectivity index (χ3v) is 2.90. The molecule has 0 saturated carbocycles. The van der Waals surface area contributed by atoms with E-state index in [0.29, 0.717) is 32.2 Å². The molecule has 16 heavy (non-hydrogen) atoms. The van der Waals surface area contributed by atoms with Gasteiger partial charge in [-0.15, -0.1) is 0 Å². The molecule has 1 aliphatic rings. The summed E-state index contributed by atoms with van der Waals surface area (Å²) >= 11 is 0. The largest absolute Gasteiger partial charge is 0.479 e. The molecule has 0 aliphatic carbocycles. The van der Waals surface area contributed by atoms with Crippen LogP contribution in [-0.2, 0) is 19.0 Å². The lowest BCUT2D eigenvalue weighted by molar-refractivity contribution is -0.167. The standard InChI is InChI=1S/C11H20O5/c1-11(10(12)13,4-6-14-2)16-8-9-3-5-15-7-9/h9H,3-8H2,1-2H3,(H,12,13).